The molecule has 2 aliphatic carbocycles. The van der Waals surface area contributed by atoms with Gasteiger partial charge in [0.15, 0.2) is 18.1 Å². The Bertz CT molecular complexity index is 913. The molecule has 29 heavy (non-hydrogen) atoms. The van der Waals surface area contributed by atoms with Gasteiger partial charge in [-0.2, -0.15) is 10.1 Å². The Balaban J connectivity index is 1.53. The van der Waals surface area contributed by atoms with Gasteiger partial charge in [0.1, 0.15) is 0 Å². The molecule has 4 atom stereocenters. The van der Waals surface area contributed by atoms with Crippen LogP contribution in [0.1, 0.15) is 12.0 Å². The quantitative estimate of drug-likeness (QED) is 0.191. The van der Waals surface area contributed by atoms with E-state index in [9.17, 15) is 14.4 Å². The zero-order valence-corrected chi connectivity index (χ0v) is 18.0. The van der Waals surface area contributed by atoms with Crippen LogP contribution >= 0.6 is 22.6 Å². The number of fused-ring (bicyclic) bond motifs is 5. The summed E-state index contributed by atoms with van der Waals surface area (Å²) in [5.41, 5.74) is 0.635. The molecule has 2 amide bonds. The average Bonchev–Trinajstić information content (AvgIpc) is 3.39. The highest BCUT2D eigenvalue weighted by molar-refractivity contribution is 14.1. The average molecular weight is 510 g/mol. The molecule has 0 N–H and O–H groups in total. The summed E-state index contributed by atoms with van der Waals surface area (Å²) in [5, 5.41) is 5.18. The lowest BCUT2D eigenvalue weighted by molar-refractivity contribution is -0.143. The van der Waals surface area contributed by atoms with E-state index in [1.54, 1.807) is 12.1 Å². The van der Waals surface area contributed by atoms with Crippen LogP contribution in [-0.2, 0) is 19.1 Å². The van der Waals surface area contributed by atoms with Crippen LogP contribution in [-0.4, -0.2) is 49.8 Å². The van der Waals surface area contributed by atoms with Gasteiger partial charge in [-0.1, -0.05) is 12.2 Å². The number of halogens is 1. The van der Waals surface area contributed by atoms with E-state index in [1.807, 2.05) is 12.2 Å². The van der Waals surface area contributed by atoms with Crippen LogP contribution in [0, 0.1) is 27.2 Å². The summed E-state index contributed by atoms with van der Waals surface area (Å²) >= 11 is 2.05. The number of imide groups is 1. The Morgan fingerprint density at radius 2 is 1.86 bits per heavy atom. The summed E-state index contributed by atoms with van der Waals surface area (Å²) in [7, 11) is 2.76. The first-order valence-electron chi connectivity index (χ1n) is 9.12. The maximum Gasteiger partial charge on any atom is 0.343 e. The van der Waals surface area contributed by atoms with E-state index in [0.717, 1.165) is 11.4 Å². The topological polar surface area (TPSA) is 94.5 Å². The highest BCUT2D eigenvalue weighted by atomic mass is 127. The van der Waals surface area contributed by atoms with Crippen LogP contribution in [0.15, 0.2) is 29.4 Å². The fourth-order valence-electron chi connectivity index (χ4n) is 4.27. The maximum absolute atomic E-state index is 12.7. The molecule has 1 aromatic rings. The van der Waals surface area contributed by atoms with Crippen molar-refractivity contribution in [3.8, 4) is 11.5 Å². The normalized spacial score (nSPS) is 27.1. The van der Waals surface area contributed by atoms with Crippen molar-refractivity contribution in [1.29, 1.82) is 0 Å². The Labute approximate surface area is 181 Å². The molecule has 2 bridgehead atoms. The van der Waals surface area contributed by atoms with E-state index < -0.39 is 5.97 Å². The summed E-state index contributed by atoms with van der Waals surface area (Å²) in [6, 6.07) is 3.42. The number of esters is 1. The van der Waals surface area contributed by atoms with Crippen molar-refractivity contribution in [3.05, 3.63) is 33.4 Å². The van der Waals surface area contributed by atoms with Gasteiger partial charge in [0.2, 0.25) is 0 Å². The van der Waals surface area contributed by atoms with E-state index in [-0.39, 0.29) is 42.1 Å². The van der Waals surface area contributed by atoms with Crippen LogP contribution in [0.2, 0.25) is 0 Å². The number of methoxy groups -OCH3 is 2. The molecule has 8 nitrogen and oxygen atoms in total. The highest BCUT2D eigenvalue weighted by Gasteiger charge is 2.59. The highest BCUT2D eigenvalue weighted by Crippen LogP contribution is 2.52. The molecule has 0 aromatic heterocycles. The molecule has 9 heteroatoms. The second-order valence-electron chi connectivity index (χ2n) is 7.13. The third-order valence-corrected chi connectivity index (χ3v) is 6.38. The third kappa shape index (κ3) is 3.41. The number of hydrogen-bond donors (Lipinski definition) is 0. The van der Waals surface area contributed by atoms with E-state index in [4.69, 9.17) is 9.47 Å². The van der Waals surface area contributed by atoms with E-state index >= 15 is 0 Å². The number of ether oxygens (including phenoxy) is 3. The zero-order valence-electron chi connectivity index (χ0n) is 15.8. The minimum Gasteiger partial charge on any atom is -0.493 e. The molecule has 1 saturated heterocycles. The van der Waals surface area contributed by atoms with Crippen molar-refractivity contribution in [1.82, 2.24) is 5.01 Å². The number of hydrogen-bond acceptors (Lipinski definition) is 7. The fraction of sp³-hybridized carbons (Fsp3) is 0.400. The zero-order chi connectivity index (χ0) is 20.7. The molecule has 0 spiro atoms. The molecule has 2 fully saturated rings. The van der Waals surface area contributed by atoms with Gasteiger partial charge < -0.3 is 14.2 Å². The van der Waals surface area contributed by atoms with Crippen LogP contribution < -0.4 is 9.47 Å². The molecule has 152 valence electrons. The monoisotopic (exact) mass is 510 g/mol. The number of rotatable bonds is 6. The van der Waals surface area contributed by atoms with E-state index in [1.165, 1.54) is 20.4 Å². The smallest absolute Gasteiger partial charge is 0.343 e. The number of allylic oxidation sites excluding steroid dienone is 2. The molecule has 1 aromatic carbocycles. The predicted octanol–water partition coefficient (Wildman–Crippen LogP) is 1.99. The van der Waals surface area contributed by atoms with Crippen molar-refractivity contribution < 1.29 is 28.6 Å². The largest absolute Gasteiger partial charge is 0.493 e. The summed E-state index contributed by atoms with van der Waals surface area (Å²) in [4.78, 5) is 36.7. The van der Waals surface area contributed by atoms with Crippen molar-refractivity contribution in [3.63, 3.8) is 0 Å². The standard InChI is InChI=1S/C20H19IN2O6/c1-27-14-6-10(5-13(21)18(14)29-9-15(24)28-2)8-22-23-19(25)16-11-3-4-12(7-11)17(16)20(23)26/h3-6,8,11-12,16-17H,7,9H2,1-2H3/t11-,12-,16-,17+/m0/s1. The molecule has 1 heterocycles. The SMILES string of the molecule is COC(=O)COc1c(I)cc(C=NN2C(=O)[C@@H]3[C@H](C2=O)[C@H]2C=C[C@H]3C2)cc1OC. The van der Waals surface area contributed by atoms with Gasteiger partial charge in [-0.3, -0.25) is 9.59 Å². The molecular formula is C20H19IN2O6. The van der Waals surface area contributed by atoms with Gasteiger partial charge in [0.25, 0.3) is 11.8 Å². The first kappa shape index (κ1) is 19.9. The summed E-state index contributed by atoms with van der Waals surface area (Å²) < 4.78 is 16.1. The Morgan fingerprint density at radius 1 is 1.21 bits per heavy atom. The van der Waals surface area contributed by atoms with Crippen LogP contribution in [0.25, 0.3) is 0 Å². The van der Waals surface area contributed by atoms with Crippen LogP contribution in [0.3, 0.4) is 0 Å². The number of carbonyl (C=O) groups excluding carboxylic acids is 3. The number of carbonyl (C=O) groups is 3. The molecule has 3 aliphatic rings. The van der Waals surface area contributed by atoms with Gasteiger partial charge in [0.05, 0.1) is 35.8 Å². The van der Waals surface area contributed by atoms with Gasteiger partial charge in [0, 0.05) is 0 Å². The third-order valence-electron chi connectivity index (χ3n) is 5.58. The van der Waals surface area contributed by atoms with E-state index in [2.05, 4.69) is 32.4 Å². The maximum atomic E-state index is 12.7. The van der Waals surface area contributed by atoms with Crippen molar-refractivity contribution in [2.75, 3.05) is 20.8 Å². The summed E-state index contributed by atoms with van der Waals surface area (Å²) in [5.74, 6) is -0.421. The minimum absolute atomic E-state index is 0.147. The molecule has 1 saturated carbocycles. The first-order chi connectivity index (χ1) is 13.9. The predicted molar refractivity (Wildman–Crippen MR) is 110 cm³/mol. The molecule has 4 rings (SSSR count). The molecule has 0 unspecified atom stereocenters. The molecule has 1 aliphatic heterocycles. The number of hydrazone groups is 1. The fourth-order valence-corrected chi connectivity index (χ4v) is 5.05. The van der Waals surface area contributed by atoms with Crippen LogP contribution in [0.5, 0.6) is 11.5 Å². The van der Waals surface area contributed by atoms with Gasteiger partial charge in [-0.05, 0) is 58.5 Å². The van der Waals surface area contributed by atoms with E-state index in [0.29, 0.717) is 20.6 Å². The Hall–Kier alpha value is -2.43. The number of nitrogens with zero attached hydrogens (tertiary/aromatic N) is 2. The minimum atomic E-state index is -0.506. The Morgan fingerprint density at radius 3 is 2.45 bits per heavy atom. The van der Waals surface area contributed by atoms with Crippen molar-refractivity contribution in [2.24, 2.45) is 28.8 Å². The second kappa shape index (κ2) is 7.77. The lowest BCUT2D eigenvalue weighted by atomic mass is 9.85. The second-order valence-corrected chi connectivity index (χ2v) is 8.29. The summed E-state index contributed by atoms with van der Waals surface area (Å²) in [6.45, 7) is -0.244. The van der Waals surface area contributed by atoms with Crippen molar-refractivity contribution >= 4 is 46.6 Å². The lowest BCUT2D eigenvalue weighted by Gasteiger charge is -2.13. The molecular weight excluding hydrogens is 491 g/mol. The first-order valence-corrected chi connectivity index (χ1v) is 10.2. The molecule has 0 radical (unpaired) electrons. The van der Waals surface area contributed by atoms with Gasteiger partial charge >= 0.3 is 5.97 Å². The lowest BCUT2D eigenvalue weighted by Crippen LogP contribution is -2.28. The van der Waals surface area contributed by atoms with Gasteiger partial charge in [-0.15, -0.1) is 0 Å². The summed E-state index contributed by atoms with van der Waals surface area (Å²) in [6.07, 6.45) is 6.43. The van der Waals surface area contributed by atoms with Crippen LogP contribution in [0.4, 0.5) is 0 Å². The number of benzene rings is 1. The Kier molecular flexibility index (Phi) is 5.32. The van der Waals surface area contributed by atoms with Crippen molar-refractivity contribution in [2.45, 2.75) is 6.42 Å². The van der Waals surface area contributed by atoms with Gasteiger partial charge in [-0.25, -0.2) is 4.79 Å². The number of amides is 2.